The second-order valence-corrected chi connectivity index (χ2v) is 5.89. The van der Waals surface area contributed by atoms with Crippen molar-refractivity contribution in [1.82, 2.24) is 5.32 Å². The molecular weight excluding hydrogens is 342 g/mol. The lowest BCUT2D eigenvalue weighted by molar-refractivity contribution is 0.0940. The molecule has 0 unspecified atom stereocenters. The molecule has 0 spiro atoms. The van der Waals surface area contributed by atoms with E-state index in [1.54, 1.807) is 18.2 Å². The normalized spacial score (nSPS) is 10.3. The van der Waals surface area contributed by atoms with Crippen LogP contribution in [0.25, 0.3) is 0 Å². The van der Waals surface area contributed by atoms with Crippen molar-refractivity contribution < 1.29 is 19.0 Å². The minimum absolute atomic E-state index is 0.277. The molecule has 0 atom stereocenters. The lowest BCUT2D eigenvalue weighted by atomic mass is 10.1. The number of ether oxygens (including phenoxy) is 3. The monoisotopic (exact) mass is 363 g/mol. The van der Waals surface area contributed by atoms with E-state index in [-0.39, 0.29) is 5.91 Å². The number of carbonyl (C=O) groups excluding carboxylic acids is 1. The first-order chi connectivity index (χ1) is 12.0. The van der Waals surface area contributed by atoms with Gasteiger partial charge in [-0.2, -0.15) is 0 Å². The Bertz CT molecular complexity index is 716. The van der Waals surface area contributed by atoms with Crippen LogP contribution in [0.4, 0.5) is 0 Å². The number of benzene rings is 2. The highest BCUT2D eigenvalue weighted by molar-refractivity contribution is 6.32. The molecule has 0 saturated heterocycles. The molecule has 0 heterocycles. The lowest BCUT2D eigenvalue weighted by Crippen LogP contribution is -2.28. The van der Waals surface area contributed by atoms with Gasteiger partial charge in [-0.15, -0.1) is 0 Å². The molecule has 2 aromatic carbocycles. The van der Waals surface area contributed by atoms with E-state index >= 15 is 0 Å². The molecule has 0 aliphatic heterocycles. The first kappa shape index (κ1) is 18.9. The van der Waals surface area contributed by atoms with Crippen molar-refractivity contribution in [2.24, 2.45) is 0 Å². The average molecular weight is 364 g/mol. The van der Waals surface area contributed by atoms with E-state index in [1.165, 1.54) is 14.2 Å². The second-order valence-electron chi connectivity index (χ2n) is 5.51. The number of rotatable bonds is 7. The SMILES string of the molecule is COc1cccc(OC)c1C(=O)NCCOc1cc(C)c(Cl)c(C)c1. The number of nitrogens with one attached hydrogen (secondary N) is 1. The number of aryl methyl sites for hydroxylation is 2. The van der Waals surface area contributed by atoms with Gasteiger partial charge in [0.15, 0.2) is 0 Å². The standard InChI is InChI=1S/C19H22ClNO4/c1-12-10-14(11-13(2)18(12)20)25-9-8-21-19(22)17-15(23-3)6-5-7-16(17)24-4/h5-7,10-11H,8-9H2,1-4H3,(H,21,22). The van der Waals surface area contributed by atoms with Gasteiger partial charge in [0.05, 0.1) is 20.8 Å². The summed E-state index contributed by atoms with van der Waals surface area (Å²) in [6.07, 6.45) is 0. The minimum Gasteiger partial charge on any atom is -0.496 e. The van der Waals surface area contributed by atoms with Crippen molar-refractivity contribution in [3.8, 4) is 17.2 Å². The first-order valence-corrected chi connectivity index (χ1v) is 8.24. The van der Waals surface area contributed by atoms with Gasteiger partial charge in [0.1, 0.15) is 29.4 Å². The van der Waals surface area contributed by atoms with Crippen LogP contribution in [0.1, 0.15) is 21.5 Å². The van der Waals surface area contributed by atoms with Crippen molar-refractivity contribution >= 4 is 17.5 Å². The van der Waals surface area contributed by atoms with Crippen molar-refractivity contribution in [1.29, 1.82) is 0 Å². The van der Waals surface area contributed by atoms with E-state index in [4.69, 9.17) is 25.8 Å². The van der Waals surface area contributed by atoms with Crippen LogP contribution in [0.15, 0.2) is 30.3 Å². The number of halogens is 1. The minimum atomic E-state index is -0.277. The van der Waals surface area contributed by atoms with Crippen molar-refractivity contribution in [2.75, 3.05) is 27.4 Å². The predicted octanol–water partition coefficient (Wildman–Crippen LogP) is 3.78. The highest BCUT2D eigenvalue weighted by Gasteiger charge is 2.17. The van der Waals surface area contributed by atoms with E-state index in [2.05, 4.69) is 5.32 Å². The van der Waals surface area contributed by atoms with Gasteiger partial charge in [-0.25, -0.2) is 0 Å². The van der Waals surface area contributed by atoms with Gasteiger partial charge in [0, 0.05) is 5.02 Å². The molecule has 134 valence electrons. The summed E-state index contributed by atoms with van der Waals surface area (Å²) in [7, 11) is 3.03. The molecule has 0 aliphatic carbocycles. The number of methoxy groups -OCH3 is 2. The Morgan fingerprint density at radius 2 is 1.64 bits per heavy atom. The molecular formula is C19H22ClNO4. The Labute approximate surface area is 152 Å². The Morgan fingerprint density at radius 3 is 2.16 bits per heavy atom. The predicted molar refractivity (Wildman–Crippen MR) is 98.3 cm³/mol. The summed E-state index contributed by atoms with van der Waals surface area (Å²) in [6, 6.07) is 8.95. The summed E-state index contributed by atoms with van der Waals surface area (Å²) < 4.78 is 16.2. The maximum atomic E-state index is 12.4. The quantitative estimate of drug-likeness (QED) is 0.760. The van der Waals surface area contributed by atoms with Crippen LogP contribution in [0, 0.1) is 13.8 Å². The van der Waals surface area contributed by atoms with E-state index in [9.17, 15) is 4.79 Å². The largest absolute Gasteiger partial charge is 0.496 e. The number of hydrogen-bond acceptors (Lipinski definition) is 4. The smallest absolute Gasteiger partial charge is 0.258 e. The summed E-state index contributed by atoms with van der Waals surface area (Å²) in [6.45, 7) is 4.54. The summed E-state index contributed by atoms with van der Waals surface area (Å²) >= 11 is 6.14. The van der Waals surface area contributed by atoms with E-state index in [0.717, 1.165) is 21.9 Å². The maximum Gasteiger partial charge on any atom is 0.258 e. The van der Waals surface area contributed by atoms with Crippen LogP contribution < -0.4 is 19.5 Å². The number of hydrogen-bond donors (Lipinski definition) is 1. The second kappa shape index (κ2) is 8.62. The van der Waals surface area contributed by atoms with Gasteiger partial charge in [0.25, 0.3) is 5.91 Å². The third-order valence-corrected chi connectivity index (χ3v) is 4.32. The van der Waals surface area contributed by atoms with Gasteiger partial charge in [0.2, 0.25) is 0 Å². The van der Waals surface area contributed by atoms with Gasteiger partial charge in [-0.1, -0.05) is 17.7 Å². The van der Waals surface area contributed by atoms with Gasteiger partial charge < -0.3 is 19.5 Å². The summed E-state index contributed by atoms with van der Waals surface area (Å²) in [4.78, 5) is 12.4. The fourth-order valence-electron chi connectivity index (χ4n) is 2.49. The molecule has 0 fully saturated rings. The molecule has 2 rings (SSSR count). The molecule has 5 nitrogen and oxygen atoms in total. The molecule has 0 radical (unpaired) electrons. The van der Waals surface area contributed by atoms with Crippen LogP contribution in [0.2, 0.25) is 5.02 Å². The van der Waals surface area contributed by atoms with Crippen molar-refractivity contribution in [2.45, 2.75) is 13.8 Å². The average Bonchev–Trinajstić information content (AvgIpc) is 2.62. The molecule has 1 amide bonds. The zero-order chi connectivity index (χ0) is 18.4. The van der Waals surface area contributed by atoms with Gasteiger partial charge in [-0.3, -0.25) is 4.79 Å². The summed E-state index contributed by atoms with van der Waals surface area (Å²) in [5, 5.41) is 3.55. The molecule has 6 heteroatoms. The fraction of sp³-hybridized carbons (Fsp3) is 0.316. The Morgan fingerprint density at radius 1 is 1.08 bits per heavy atom. The van der Waals surface area contributed by atoms with Crippen LogP contribution in [0.5, 0.6) is 17.2 Å². The van der Waals surface area contributed by atoms with E-state index in [0.29, 0.717) is 30.2 Å². The van der Waals surface area contributed by atoms with E-state index < -0.39 is 0 Å². The van der Waals surface area contributed by atoms with Crippen LogP contribution in [0.3, 0.4) is 0 Å². The lowest BCUT2D eigenvalue weighted by Gasteiger charge is -2.14. The fourth-order valence-corrected chi connectivity index (χ4v) is 2.60. The van der Waals surface area contributed by atoms with Gasteiger partial charge >= 0.3 is 0 Å². The molecule has 25 heavy (non-hydrogen) atoms. The summed E-state index contributed by atoms with van der Waals surface area (Å²) in [5.41, 5.74) is 2.28. The third-order valence-electron chi connectivity index (χ3n) is 3.72. The van der Waals surface area contributed by atoms with Crippen LogP contribution in [-0.4, -0.2) is 33.3 Å². The zero-order valence-electron chi connectivity index (χ0n) is 14.8. The number of carbonyl (C=O) groups is 1. The zero-order valence-corrected chi connectivity index (χ0v) is 15.6. The topological polar surface area (TPSA) is 56.8 Å². The highest BCUT2D eigenvalue weighted by atomic mass is 35.5. The molecule has 2 aromatic rings. The first-order valence-electron chi connectivity index (χ1n) is 7.86. The van der Waals surface area contributed by atoms with Gasteiger partial charge in [-0.05, 0) is 49.2 Å². The van der Waals surface area contributed by atoms with Crippen LogP contribution in [-0.2, 0) is 0 Å². The summed E-state index contributed by atoms with van der Waals surface area (Å²) in [5.74, 6) is 1.37. The molecule has 0 bridgehead atoms. The highest BCUT2D eigenvalue weighted by Crippen LogP contribution is 2.28. The third kappa shape index (κ3) is 4.57. The molecule has 0 aromatic heterocycles. The Hall–Kier alpha value is -2.40. The van der Waals surface area contributed by atoms with Crippen molar-refractivity contribution in [3.05, 3.63) is 52.0 Å². The van der Waals surface area contributed by atoms with Crippen molar-refractivity contribution in [3.63, 3.8) is 0 Å². The van der Waals surface area contributed by atoms with Crippen LogP contribution >= 0.6 is 11.6 Å². The number of amides is 1. The molecule has 1 N–H and O–H groups in total. The Kier molecular flexibility index (Phi) is 6.53. The van der Waals surface area contributed by atoms with E-state index in [1.807, 2.05) is 26.0 Å². The maximum absolute atomic E-state index is 12.4. The molecule has 0 aliphatic rings. The molecule has 0 saturated carbocycles. The Balaban J connectivity index is 1.95.